The zero-order valence-corrected chi connectivity index (χ0v) is 13.1. The molecule has 6 nitrogen and oxygen atoms in total. The summed E-state index contributed by atoms with van der Waals surface area (Å²) >= 11 is 1.39. The molecule has 0 saturated carbocycles. The monoisotopic (exact) mass is 313 g/mol. The molecule has 112 valence electrons. The summed E-state index contributed by atoms with van der Waals surface area (Å²) in [5.74, 6) is -0.196. The van der Waals surface area contributed by atoms with Gasteiger partial charge in [0.2, 0.25) is 0 Å². The van der Waals surface area contributed by atoms with Crippen molar-refractivity contribution in [2.45, 2.75) is 20.4 Å². The van der Waals surface area contributed by atoms with Gasteiger partial charge in [-0.25, -0.2) is 4.98 Å². The third-order valence-corrected chi connectivity index (χ3v) is 3.89. The van der Waals surface area contributed by atoms with Crippen molar-refractivity contribution < 1.29 is 4.79 Å². The second-order valence-electron chi connectivity index (χ2n) is 4.71. The topological polar surface area (TPSA) is 72.7 Å². The van der Waals surface area contributed by atoms with E-state index in [1.54, 1.807) is 23.1 Å². The Morgan fingerprint density at radius 3 is 2.86 bits per heavy atom. The van der Waals surface area contributed by atoms with E-state index < -0.39 is 0 Å². The molecule has 3 heterocycles. The third kappa shape index (κ3) is 2.89. The van der Waals surface area contributed by atoms with E-state index >= 15 is 0 Å². The number of hydrogen-bond donors (Lipinski definition) is 1. The fourth-order valence-corrected chi connectivity index (χ4v) is 2.83. The maximum absolute atomic E-state index is 12.3. The first-order valence-electron chi connectivity index (χ1n) is 6.89. The number of aryl methyl sites for hydroxylation is 2. The Bertz CT molecular complexity index is 793. The maximum Gasteiger partial charge on any atom is 0.275 e. The zero-order valence-electron chi connectivity index (χ0n) is 12.3. The third-order valence-electron chi connectivity index (χ3n) is 3.14. The van der Waals surface area contributed by atoms with Gasteiger partial charge in [0.15, 0.2) is 5.13 Å². The largest absolute Gasteiger partial charge is 0.296 e. The van der Waals surface area contributed by atoms with Crippen LogP contribution in [-0.4, -0.2) is 25.7 Å². The molecule has 0 unspecified atom stereocenters. The fourth-order valence-electron chi connectivity index (χ4n) is 2.12. The molecular weight excluding hydrogens is 298 g/mol. The van der Waals surface area contributed by atoms with Crippen LogP contribution in [0.5, 0.6) is 0 Å². The van der Waals surface area contributed by atoms with Crippen molar-refractivity contribution in [2.24, 2.45) is 0 Å². The first kappa shape index (κ1) is 14.4. The number of amides is 1. The standard InChI is InChI=1S/C15H15N5OS/c1-3-20-13(8-10(2)19-20)14(21)18-15-17-12(9-22-15)11-4-6-16-7-5-11/h4-9H,3H2,1-2H3,(H,17,18,21). The Morgan fingerprint density at radius 2 is 2.14 bits per heavy atom. The first-order valence-corrected chi connectivity index (χ1v) is 7.77. The van der Waals surface area contributed by atoms with Crippen LogP contribution in [0.15, 0.2) is 36.0 Å². The Balaban J connectivity index is 1.79. The highest BCUT2D eigenvalue weighted by molar-refractivity contribution is 7.14. The van der Waals surface area contributed by atoms with Crippen molar-refractivity contribution in [3.63, 3.8) is 0 Å². The van der Waals surface area contributed by atoms with Crippen LogP contribution >= 0.6 is 11.3 Å². The van der Waals surface area contributed by atoms with Gasteiger partial charge in [0.05, 0.1) is 11.4 Å². The van der Waals surface area contributed by atoms with Crippen LogP contribution in [0.25, 0.3) is 11.3 Å². The Kier molecular flexibility index (Phi) is 3.97. The second kappa shape index (κ2) is 6.07. The quantitative estimate of drug-likeness (QED) is 0.803. The van der Waals surface area contributed by atoms with Gasteiger partial charge in [0, 0.05) is 29.9 Å². The average molecular weight is 313 g/mol. The number of pyridine rings is 1. The van der Waals surface area contributed by atoms with Gasteiger partial charge in [0.1, 0.15) is 5.69 Å². The minimum absolute atomic E-state index is 0.196. The van der Waals surface area contributed by atoms with Gasteiger partial charge in [-0.2, -0.15) is 5.10 Å². The van der Waals surface area contributed by atoms with E-state index in [0.29, 0.717) is 17.4 Å². The fraction of sp³-hybridized carbons (Fsp3) is 0.200. The molecule has 0 spiro atoms. The van der Waals surface area contributed by atoms with Crippen LogP contribution in [0.2, 0.25) is 0 Å². The molecule has 7 heteroatoms. The molecule has 0 fully saturated rings. The van der Waals surface area contributed by atoms with Crippen LogP contribution in [0, 0.1) is 6.92 Å². The normalized spacial score (nSPS) is 10.6. The van der Waals surface area contributed by atoms with Crippen molar-refractivity contribution in [2.75, 3.05) is 5.32 Å². The summed E-state index contributed by atoms with van der Waals surface area (Å²) in [5.41, 5.74) is 3.16. The summed E-state index contributed by atoms with van der Waals surface area (Å²) in [6.07, 6.45) is 3.44. The average Bonchev–Trinajstić information content (AvgIpc) is 3.14. The number of nitrogens with one attached hydrogen (secondary N) is 1. The smallest absolute Gasteiger partial charge is 0.275 e. The number of thiazole rings is 1. The van der Waals surface area contributed by atoms with Gasteiger partial charge >= 0.3 is 0 Å². The second-order valence-corrected chi connectivity index (χ2v) is 5.57. The molecule has 3 aromatic rings. The molecule has 1 N–H and O–H groups in total. The minimum atomic E-state index is -0.196. The van der Waals surface area contributed by atoms with Crippen LogP contribution < -0.4 is 5.32 Å². The molecule has 0 aliphatic rings. The summed E-state index contributed by atoms with van der Waals surface area (Å²) in [4.78, 5) is 20.8. The summed E-state index contributed by atoms with van der Waals surface area (Å²) in [6.45, 7) is 4.47. The highest BCUT2D eigenvalue weighted by Gasteiger charge is 2.15. The molecule has 1 amide bonds. The van der Waals surface area contributed by atoms with E-state index in [-0.39, 0.29) is 5.91 Å². The van der Waals surface area contributed by atoms with E-state index in [4.69, 9.17) is 0 Å². The van der Waals surface area contributed by atoms with Crippen LogP contribution in [-0.2, 0) is 6.54 Å². The van der Waals surface area contributed by atoms with Crippen molar-refractivity contribution in [3.8, 4) is 11.3 Å². The molecule has 0 aromatic carbocycles. The molecular formula is C15H15N5OS. The molecule has 0 radical (unpaired) electrons. The lowest BCUT2D eigenvalue weighted by molar-refractivity contribution is 0.101. The van der Waals surface area contributed by atoms with Crippen LogP contribution in [0.3, 0.4) is 0 Å². The molecule has 3 aromatic heterocycles. The Labute approximate surface area is 131 Å². The number of rotatable bonds is 4. The summed E-state index contributed by atoms with van der Waals surface area (Å²) in [6, 6.07) is 5.54. The van der Waals surface area contributed by atoms with Crippen LogP contribution in [0.4, 0.5) is 5.13 Å². The summed E-state index contributed by atoms with van der Waals surface area (Å²) < 4.78 is 1.68. The number of carbonyl (C=O) groups excluding carboxylic acids is 1. The molecule has 0 bridgehead atoms. The molecule has 3 rings (SSSR count). The van der Waals surface area contributed by atoms with Crippen molar-refractivity contribution in [1.82, 2.24) is 19.7 Å². The molecule has 0 saturated heterocycles. The number of hydrogen-bond acceptors (Lipinski definition) is 5. The number of nitrogens with zero attached hydrogens (tertiary/aromatic N) is 4. The zero-order chi connectivity index (χ0) is 15.5. The number of carbonyl (C=O) groups is 1. The highest BCUT2D eigenvalue weighted by atomic mass is 32.1. The number of anilines is 1. The molecule has 0 atom stereocenters. The number of aromatic nitrogens is 4. The van der Waals surface area contributed by atoms with Gasteiger partial charge in [-0.15, -0.1) is 11.3 Å². The predicted molar refractivity (Wildman–Crippen MR) is 85.9 cm³/mol. The minimum Gasteiger partial charge on any atom is -0.296 e. The van der Waals surface area contributed by atoms with E-state index in [0.717, 1.165) is 17.0 Å². The molecule has 0 aliphatic heterocycles. The van der Waals surface area contributed by atoms with Crippen molar-refractivity contribution in [1.29, 1.82) is 0 Å². The predicted octanol–water partition coefficient (Wildman–Crippen LogP) is 2.98. The van der Waals surface area contributed by atoms with E-state index in [2.05, 4.69) is 20.4 Å². The first-order chi connectivity index (χ1) is 10.7. The molecule has 22 heavy (non-hydrogen) atoms. The van der Waals surface area contributed by atoms with E-state index in [9.17, 15) is 4.79 Å². The summed E-state index contributed by atoms with van der Waals surface area (Å²) in [7, 11) is 0. The Morgan fingerprint density at radius 1 is 1.36 bits per heavy atom. The van der Waals surface area contributed by atoms with Crippen molar-refractivity contribution >= 4 is 22.4 Å². The lowest BCUT2D eigenvalue weighted by Crippen LogP contribution is -2.17. The van der Waals surface area contributed by atoms with Gasteiger partial charge in [-0.05, 0) is 32.0 Å². The van der Waals surface area contributed by atoms with E-state index in [1.807, 2.05) is 31.4 Å². The molecule has 0 aliphatic carbocycles. The van der Waals surface area contributed by atoms with E-state index in [1.165, 1.54) is 11.3 Å². The van der Waals surface area contributed by atoms with Gasteiger partial charge in [-0.1, -0.05) is 0 Å². The SMILES string of the molecule is CCn1nc(C)cc1C(=O)Nc1nc(-c2ccncc2)cs1. The lowest BCUT2D eigenvalue weighted by atomic mass is 10.2. The Hall–Kier alpha value is -2.54. The van der Waals surface area contributed by atoms with Gasteiger partial charge in [0.25, 0.3) is 5.91 Å². The highest BCUT2D eigenvalue weighted by Crippen LogP contribution is 2.24. The van der Waals surface area contributed by atoms with Gasteiger partial charge in [-0.3, -0.25) is 19.8 Å². The van der Waals surface area contributed by atoms with Crippen molar-refractivity contribution in [3.05, 3.63) is 47.4 Å². The summed E-state index contributed by atoms with van der Waals surface area (Å²) in [5, 5.41) is 9.58. The van der Waals surface area contributed by atoms with Crippen LogP contribution in [0.1, 0.15) is 23.1 Å². The lowest BCUT2D eigenvalue weighted by Gasteiger charge is -2.03. The maximum atomic E-state index is 12.3. The van der Waals surface area contributed by atoms with Gasteiger partial charge < -0.3 is 0 Å².